The molecule has 2 aliphatic rings. The lowest BCUT2D eigenvalue weighted by atomic mass is 10.1. The molecule has 25 heavy (non-hydrogen) atoms. The van der Waals surface area contributed by atoms with E-state index in [-0.39, 0.29) is 11.0 Å². The number of nitrogens with zero attached hydrogens (tertiary/aromatic N) is 1. The van der Waals surface area contributed by atoms with Crippen molar-refractivity contribution < 1.29 is 22.6 Å². The van der Waals surface area contributed by atoms with E-state index in [0.29, 0.717) is 44.4 Å². The van der Waals surface area contributed by atoms with E-state index in [2.05, 4.69) is 0 Å². The van der Waals surface area contributed by atoms with Gasteiger partial charge in [-0.05, 0) is 17.7 Å². The number of benzene rings is 2. The van der Waals surface area contributed by atoms with Crippen LogP contribution in [0.25, 0.3) is 0 Å². The number of rotatable bonds is 3. The second-order valence-electron chi connectivity index (χ2n) is 5.94. The molecule has 0 spiro atoms. The van der Waals surface area contributed by atoms with E-state index in [0.717, 1.165) is 5.56 Å². The van der Waals surface area contributed by atoms with Crippen LogP contribution in [0.3, 0.4) is 0 Å². The van der Waals surface area contributed by atoms with E-state index in [1.165, 1.54) is 10.4 Å². The van der Waals surface area contributed by atoms with E-state index in [9.17, 15) is 8.42 Å². The highest BCUT2D eigenvalue weighted by Gasteiger charge is 2.32. The Kier molecular flexibility index (Phi) is 4.37. The zero-order valence-electron chi connectivity index (χ0n) is 13.6. The number of ether oxygens (including phenoxy) is 3. The first-order valence-electron chi connectivity index (χ1n) is 8.21. The molecule has 1 saturated heterocycles. The Morgan fingerprint density at radius 2 is 1.68 bits per heavy atom. The molecule has 1 atom stereocenters. The molecule has 0 unspecified atom stereocenters. The predicted octanol–water partition coefficient (Wildman–Crippen LogP) is 2.22. The summed E-state index contributed by atoms with van der Waals surface area (Å²) in [7, 11) is -3.62. The molecular weight excluding hydrogens is 342 g/mol. The van der Waals surface area contributed by atoms with Crippen LogP contribution in [0.5, 0.6) is 11.5 Å². The summed E-state index contributed by atoms with van der Waals surface area (Å²) in [5, 5.41) is 0. The number of fused-ring (bicyclic) bond motifs is 1. The predicted molar refractivity (Wildman–Crippen MR) is 91.3 cm³/mol. The quantitative estimate of drug-likeness (QED) is 0.839. The van der Waals surface area contributed by atoms with E-state index in [4.69, 9.17) is 14.2 Å². The average molecular weight is 361 g/mol. The van der Waals surface area contributed by atoms with Crippen molar-refractivity contribution in [3.63, 3.8) is 0 Å². The van der Waals surface area contributed by atoms with E-state index in [1.807, 2.05) is 30.3 Å². The Bertz CT molecular complexity index is 853. The van der Waals surface area contributed by atoms with Gasteiger partial charge in [-0.2, -0.15) is 4.31 Å². The van der Waals surface area contributed by atoms with Gasteiger partial charge in [0, 0.05) is 19.2 Å². The SMILES string of the molecule is O=S(=O)(c1ccc2c(c1)OCCO2)N1CCO[C@@H](c2ccccc2)C1. The van der Waals surface area contributed by atoms with Crippen molar-refractivity contribution in [2.45, 2.75) is 11.0 Å². The third-order valence-electron chi connectivity index (χ3n) is 4.35. The standard InChI is InChI=1S/C18H19NO5S/c20-25(21,15-6-7-16-17(12-15)24-11-10-23-16)19-8-9-22-18(13-19)14-4-2-1-3-5-14/h1-7,12,18H,8-11,13H2/t18-/m1/s1. The summed E-state index contributed by atoms with van der Waals surface area (Å²) in [4.78, 5) is 0.213. The Morgan fingerprint density at radius 1 is 0.920 bits per heavy atom. The van der Waals surface area contributed by atoms with Gasteiger partial charge in [-0.15, -0.1) is 0 Å². The van der Waals surface area contributed by atoms with Crippen LogP contribution in [0.4, 0.5) is 0 Å². The Labute approximate surface area is 147 Å². The minimum absolute atomic E-state index is 0.213. The Morgan fingerprint density at radius 3 is 2.48 bits per heavy atom. The van der Waals surface area contributed by atoms with Crippen LogP contribution in [0.1, 0.15) is 11.7 Å². The summed E-state index contributed by atoms with van der Waals surface area (Å²) in [6, 6.07) is 14.4. The normalized spacial score (nSPS) is 21.0. The molecule has 2 aromatic rings. The van der Waals surface area contributed by atoms with Crippen molar-refractivity contribution in [2.24, 2.45) is 0 Å². The summed E-state index contributed by atoms with van der Waals surface area (Å²) in [5.41, 5.74) is 0.976. The summed E-state index contributed by atoms with van der Waals surface area (Å²) < 4.78 is 44.2. The van der Waals surface area contributed by atoms with Crippen LogP contribution in [-0.2, 0) is 14.8 Å². The summed E-state index contributed by atoms with van der Waals surface area (Å²) >= 11 is 0. The lowest BCUT2D eigenvalue weighted by Crippen LogP contribution is -2.42. The molecule has 1 fully saturated rings. The van der Waals surface area contributed by atoms with Gasteiger partial charge >= 0.3 is 0 Å². The van der Waals surface area contributed by atoms with Crippen molar-refractivity contribution in [1.29, 1.82) is 0 Å². The van der Waals surface area contributed by atoms with Crippen LogP contribution >= 0.6 is 0 Å². The van der Waals surface area contributed by atoms with Gasteiger partial charge in [-0.3, -0.25) is 0 Å². The zero-order valence-corrected chi connectivity index (χ0v) is 14.4. The molecule has 6 nitrogen and oxygen atoms in total. The second-order valence-corrected chi connectivity index (χ2v) is 7.88. The monoisotopic (exact) mass is 361 g/mol. The van der Waals surface area contributed by atoms with E-state index < -0.39 is 10.0 Å². The molecule has 7 heteroatoms. The molecule has 4 rings (SSSR count). The highest BCUT2D eigenvalue weighted by atomic mass is 32.2. The van der Waals surface area contributed by atoms with E-state index in [1.54, 1.807) is 12.1 Å². The van der Waals surface area contributed by atoms with Crippen molar-refractivity contribution in [1.82, 2.24) is 4.31 Å². The van der Waals surface area contributed by atoms with Gasteiger partial charge in [0.1, 0.15) is 13.2 Å². The molecule has 2 aliphatic heterocycles. The molecule has 0 N–H and O–H groups in total. The Hall–Kier alpha value is -2.09. The molecule has 0 saturated carbocycles. The first-order valence-corrected chi connectivity index (χ1v) is 9.65. The van der Waals surface area contributed by atoms with Crippen LogP contribution in [-0.4, -0.2) is 45.6 Å². The maximum absolute atomic E-state index is 13.0. The average Bonchev–Trinajstić information content (AvgIpc) is 2.68. The fourth-order valence-electron chi connectivity index (χ4n) is 3.05. The molecule has 0 bridgehead atoms. The third-order valence-corrected chi connectivity index (χ3v) is 6.21. The lowest BCUT2D eigenvalue weighted by Gasteiger charge is -2.32. The summed E-state index contributed by atoms with van der Waals surface area (Å²) in [6.45, 7) is 1.88. The number of sulfonamides is 1. The first kappa shape index (κ1) is 16.4. The Balaban J connectivity index is 1.59. The summed E-state index contributed by atoms with van der Waals surface area (Å²) in [5.74, 6) is 1.05. The van der Waals surface area contributed by atoms with Crippen LogP contribution in [0.2, 0.25) is 0 Å². The fraction of sp³-hybridized carbons (Fsp3) is 0.333. The van der Waals surface area contributed by atoms with Crippen LogP contribution in [0, 0.1) is 0 Å². The van der Waals surface area contributed by atoms with Gasteiger partial charge in [-0.25, -0.2) is 8.42 Å². The van der Waals surface area contributed by atoms with Gasteiger partial charge in [0.15, 0.2) is 11.5 Å². The number of morpholine rings is 1. The largest absolute Gasteiger partial charge is 0.486 e. The third kappa shape index (κ3) is 3.22. The molecule has 2 heterocycles. The zero-order chi connectivity index (χ0) is 17.3. The van der Waals surface area contributed by atoms with Crippen molar-refractivity contribution in [3.05, 3.63) is 54.1 Å². The first-order chi connectivity index (χ1) is 12.1. The molecule has 0 aliphatic carbocycles. The summed E-state index contributed by atoms with van der Waals surface area (Å²) in [6.07, 6.45) is -0.262. The van der Waals surface area contributed by atoms with Gasteiger partial charge in [0.25, 0.3) is 0 Å². The number of hydrogen-bond donors (Lipinski definition) is 0. The number of hydrogen-bond acceptors (Lipinski definition) is 5. The van der Waals surface area contributed by atoms with Crippen molar-refractivity contribution in [3.8, 4) is 11.5 Å². The highest BCUT2D eigenvalue weighted by Crippen LogP contribution is 2.34. The minimum atomic E-state index is -3.62. The minimum Gasteiger partial charge on any atom is -0.486 e. The van der Waals surface area contributed by atoms with Crippen molar-refractivity contribution >= 4 is 10.0 Å². The topological polar surface area (TPSA) is 65.1 Å². The highest BCUT2D eigenvalue weighted by molar-refractivity contribution is 7.89. The second kappa shape index (κ2) is 6.67. The fourth-order valence-corrected chi connectivity index (χ4v) is 4.49. The van der Waals surface area contributed by atoms with Gasteiger partial charge < -0.3 is 14.2 Å². The smallest absolute Gasteiger partial charge is 0.243 e. The molecular formula is C18H19NO5S. The van der Waals surface area contributed by atoms with Gasteiger partial charge in [0.05, 0.1) is 17.6 Å². The van der Waals surface area contributed by atoms with Crippen molar-refractivity contribution in [2.75, 3.05) is 32.9 Å². The van der Waals surface area contributed by atoms with Crippen LogP contribution in [0.15, 0.2) is 53.4 Å². The maximum atomic E-state index is 13.0. The molecule has 0 amide bonds. The molecule has 2 aromatic carbocycles. The maximum Gasteiger partial charge on any atom is 0.243 e. The lowest BCUT2D eigenvalue weighted by molar-refractivity contribution is -0.00256. The molecule has 132 valence electrons. The van der Waals surface area contributed by atoms with E-state index >= 15 is 0 Å². The van der Waals surface area contributed by atoms with Crippen LogP contribution < -0.4 is 9.47 Å². The van der Waals surface area contributed by atoms with Gasteiger partial charge in [0.2, 0.25) is 10.0 Å². The molecule has 0 radical (unpaired) electrons. The van der Waals surface area contributed by atoms with Gasteiger partial charge in [-0.1, -0.05) is 30.3 Å². The molecule has 0 aromatic heterocycles.